The number of nitrogens with one attached hydrogen (secondary N) is 6. The van der Waals surface area contributed by atoms with Crippen LogP contribution in [0.4, 0.5) is 0 Å². The van der Waals surface area contributed by atoms with Crippen molar-refractivity contribution in [3.05, 3.63) is 0 Å². The molecule has 0 saturated carbocycles. The quantitative estimate of drug-likeness (QED) is 0.0966. The molecule has 8 nitrogen and oxygen atoms in total. The van der Waals surface area contributed by atoms with Crippen LogP contribution in [0, 0.1) is 0 Å². The van der Waals surface area contributed by atoms with E-state index in [4.69, 9.17) is 11.5 Å². The van der Waals surface area contributed by atoms with E-state index in [1.807, 2.05) is 0 Å². The highest BCUT2D eigenvalue weighted by Crippen LogP contribution is 1.84. The number of hydrogen-bond donors (Lipinski definition) is 8. The molecule has 0 aliphatic heterocycles. The molecule has 0 heterocycles. The summed E-state index contributed by atoms with van der Waals surface area (Å²) in [5.74, 6) is 0. The molecule has 0 unspecified atom stereocenters. The van der Waals surface area contributed by atoms with Gasteiger partial charge in [-0.2, -0.15) is 0 Å². The molecule has 0 atom stereocenters. The van der Waals surface area contributed by atoms with E-state index < -0.39 is 0 Å². The summed E-state index contributed by atoms with van der Waals surface area (Å²) in [6, 6.07) is 0. The van der Waals surface area contributed by atoms with Crippen LogP contribution >= 0.6 is 0 Å². The predicted molar refractivity (Wildman–Crippen MR) is 114 cm³/mol. The standard InChI is InChI=1S/C18H46N8/c19-5-13-21-9-3-11-25-17-15-23-7-1-2-8-24-16-18-26-12-4-10-22-14-6-20/h21-26H,1-20H2. The van der Waals surface area contributed by atoms with Gasteiger partial charge >= 0.3 is 0 Å². The van der Waals surface area contributed by atoms with Gasteiger partial charge < -0.3 is 43.4 Å². The topological polar surface area (TPSA) is 124 Å². The average molecular weight is 375 g/mol. The lowest BCUT2D eigenvalue weighted by Gasteiger charge is -2.08. The first-order chi connectivity index (χ1) is 12.9. The molecule has 0 aliphatic rings. The molecule has 0 amide bonds. The summed E-state index contributed by atoms with van der Waals surface area (Å²) < 4.78 is 0. The molecule has 0 aromatic heterocycles. The van der Waals surface area contributed by atoms with Gasteiger partial charge in [0.25, 0.3) is 0 Å². The van der Waals surface area contributed by atoms with Crippen LogP contribution in [-0.2, 0) is 0 Å². The molecule has 0 aromatic rings. The minimum atomic E-state index is 0.720. The highest BCUT2D eigenvalue weighted by atomic mass is 15.0. The first-order valence-electron chi connectivity index (χ1n) is 10.6. The Labute approximate surface area is 161 Å². The Morgan fingerprint density at radius 3 is 0.885 bits per heavy atom. The van der Waals surface area contributed by atoms with E-state index in [9.17, 15) is 0 Å². The zero-order valence-corrected chi connectivity index (χ0v) is 16.9. The molecule has 0 bridgehead atoms. The second-order valence-corrected chi connectivity index (χ2v) is 6.49. The lowest BCUT2D eigenvalue weighted by atomic mass is 10.3. The summed E-state index contributed by atoms with van der Waals surface area (Å²) >= 11 is 0. The fraction of sp³-hybridized carbons (Fsp3) is 1.00. The normalized spacial score (nSPS) is 11.3. The van der Waals surface area contributed by atoms with Crippen LogP contribution < -0.4 is 43.4 Å². The highest BCUT2D eigenvalue weighted by Gasteiger charge is 1.92. The molecule has 0 aliphatic carbocycles. The minimum absolute atomic E-state index is 0.720. The third-order valence-corrected chi connectivity index (χ3v) is 3.97. The van der Waals surface area contributed by atoms with E-state index in [0.717, 1.165) is 104 Å². The molecule has 0 fully saturated rings. The lowest BCUT2D eigenvalue weighted by molar-refractivity contribution is 0.542. The highest BCUT2D eigenvalue weighted by molar-refractivity contribution is 4.57. The minimum Gasteiger partial charge on any atom is -0.329 e. The van der Waals surface area contributed by atoms with Gasteiger partial charge in [-0.25, -0.2) is 0 Å². The van der Waals surface area contributed by atoms with Gasteiger partial charge in [-0.15, -0.1) is 0 Å². The molecule has 0 spiro atoms. The van der Waals surface area contributed by atoms with Crippen molar-refractivity contribution in [3.63, 3.8) is 0 Å². The van der Waals surface area contributed by atoms with Gasteiger partial charge in [-0.05, 0) is 65.0 Å². The van der Waals surface area contributed by atoms with E-state index in [1.54, 1.807) is 0 Å². The van der Waals surface area contributed by atoms with Crippen LogP contribution in [0.3, 0.4) is 0 Å². The Morgan fingerprint density at radius 1 is 0.308 bits per heavy atom. The molecule has 0 aromatic carbocycles. The molecule has 0 radical (unpaired) electrons. The Balaban J connectivity index is 2.95. The Kier molecular flexibility index (Phi) is 24.4. The Hall–Kier alpha value is -0.320. The number of unbranched alkanes of at least 4 members (excludes halogenated alkanes) is 1. The van der Waals surface area contributed by atoms with Gasteiger partial charge in [0.2, 0.25) is 0 Å². The van der Waals surface area contributed by atoms with Crippen LogP contribution in [0.25, 0.3) is 0 Å². The summed E-state index contributed by atoms with van der Waals surface area (Å²) in [5.41, 5.74) is 10.8. The Bertz CT molecular complexity index is 219. The summed E-state index contributed by atoms with van der Waals surface area (Å²) in [7, 11) is 0. The zero-order valence-electron chi connectivity index (χ0n) is 16.9. The maximum atomic E-state index is 5.42. The number of hydrogen-bond acceptors (Lipinski definition) is 8. The van der Waals surface area contributed by atoms with Gasteiger partial charge in [-0.3, -0.25) is 0 Å². The fourth-order valence-corrected chi connectivity index (χ4v) is 2.48. The maximum Gasteiger partial charge on any atom is 0.00767 e. The van der Waals surface area contributed by atoms with Crippen molar-refractivity contribution in [2.45, 2.75) is 25.7 Å². The number of nitrogens with two attached hydrogens (primary N) is 2. The van der Waals surface area contributed by atoms with Crippen molar-refractivity contribution in [1.29, 1.82) is 0 Å². The third-order valence-electron chi connectivity index (χ3n) is 3.97. The Morgan fingerprint density at radius 2 is 0.577 bits per heavy atom. The average Bonchev–Trinajstić information content (AvgIpc) is 2.66. The monoisotopic (exact) mass is 374 g/mol. The van der Waals surface area contributed by atoms with Crippen LogP contribution in [0.1, 0.15) is 25.7 Å². The summed E-state index contributed by atoms with van der Waals surface area (Å²) in [6.45, 7) is 13.9. The molecular weight excluding hydrogens is 328 g/mol. The van der Waals surface area contributed by atoms with Crippen LogP contribution in [-0.4, -0.2) is 91.6 Å². The third kappa shape index (κ3) is 23.7. The van der Waals surface area contributed by atoms with Crippen molar-refractivity contribution < 1.29 is 0 Å². The molecule has 26 heavy (non-hydrogen) atoms. The van der Waals surface area contributed by atoms with Crippen molar-refractivity contribution in [2.75, 3.05) is 91.6 Å². The summed E-state index contributed by atoms with van der Waals surface area (Å²) in [6.07, 6.45) is 4.78. The lowest BCUT2D eigenvalue weighted by Crippen LogP contribution is -2.31. The van der Waals surface area contributed by atoms with E-state index in [1.165, 1.54) is 12.8 Å². The van der Waals surface area contributed by atoms with Gasteiger partial charge in [-0.1, -0.05) is 0 Å². The zero-order chi connectivity index (χ0) is 19.0. The molecule has 158 valence electrons. The largest absolute Gasteiger partial charge is 0.329 e. The predicted octanol–water partition coefficient (Wildman–Crippen LogP) is -2.00. The van der Waals surface area contributed by atoms with E-state index in [-0.39, 0.29) is 0 Å². The van der Waals surface area contributed by atoms with Gasteiger partial charge in [0.05, 0.1) is 0 Å². The SMILES string of the molecule is NCCNCCCNCCNCCCCNCCNCCCNCCN. The molecule has 10 N–H and O–H groups in total. The molecule has 0 rings (SSSR count). The van der Waals surface area contributed by atoms with Crippen molar-refractivity contribution in [2.24, 2.45) is 11.5 Å². The maximum absolute atomic E-state index is 5.42. The summed E-state index contributed by atoms with van der Waals surface area (Å²) in [5, 5.41) is 20.5. The summed E-state index contributed by atoms with van der Waals surface area (Å²) in [4.78, 5) is 0. The first-order valence-corrected chi connectivity index (χ1v) is 10.6. The van der Waals surface area contributed by atoms with Crippen LogP contribution in [0.5, 0.6) is 0 Å². The van der Waals surface area contributed by atoms with Crippen molar-refractivity contribution >= 4 is 0 Å². The molecular formula is C18H46N8. The first kappa shape index (κ1) is 25.7. The smallest absolute Gasteiger partial charge is 0.00767 e. The second kappa shape index (κ2) is 24.7. The van der Waals surface area contributed by atoms with Gasteiger partial charge in [0.15, 0.2) is 0 Å². The van der Waals surface area contributed by atoms with E-state index in [0.29, 0.717) is 0 Å². The molecule has 0 saturated heterocycles. The van der Waals surface area contributed by atoms with Crippen molar-refractivity contribution in [3.8, 4) is 0 Å². The van der Waals surface area contributed by atoms with E-state index in [2.05, 4.69) is 31.9 Å². The van der Waals surface area contributed by atoms with Crippen LogP contribution in [0.15, 0.2) is 0 Å². The van der Waals surface area contributed by atoms with Gasteiger partial charge in [0, 0.05) is 52.4 Å². The fourth-order valence-electron chi connectivity index (χ4n) is 2.48. The second-order valence-electron chi connectivity index (χ2n) is 6.49. The molecule has 8 heteroatoms. The van der Waals surface area contributed by atoms with E-state index >= 15 is 0 Å². The van der Waals surface area contributed by atoms with Crippen LogP contribution in [0.2, 0.25) is 0 Å². The van der Waals surface area contributed by atoms with Crippen molar-refractivity contribution in [1.82, 2.24) is 31.9 Å². The van der Waals surface area contributed by atoms with Gasteiger partial charge in [0.1, 0.15) is 0 Å². The number of rotatable bonds is 23.